The number of carbonyl (C=O) groups excluding carboxylic acids is 2. The molecule has 0 radical (unpaired) electrons. The van der Waals surface area contributed by atoms with Gasteiger partial charge < -0.3 is 15.5 Å². The summed E-state index contributed by atoms with van der Waals surface area (Å²) in [6, 6.07) is 14.5. The van der Waals surface area contributed by atoms with E-state index in [4.69, 9.17) is 0 Å². The number of nitrogens with zero attached hydrogens (tertiary/aromatic N) is 1. The lowest BCUT2D eigenvalue weighted by Crippen LogP contribution is -2.50. The van der Waals surface area contributed by atoms with Crippen molar-refractivity contribution in [1.82, 2.24) is 15.5 Å². The zero-order valence-corrected chi connectivity index (χ0v) is 19.0. The number of carbonyl (C=O) groups is 2. The van der Waals surface area contributed by atoms with Crippen molar-refractivity contribution in [2.24, 2.45) is 5.92 Å². The number of amides is 3. The molecule has 1 heterocycles. The van der Waals surface area contributed by atoms with Crippen molar-refractivity contribution in [2.75, 3.05) is 6.54 Å². The molecule has 164 valence electrons. The molecule has 0 saturated heterocycles. The van der Waals surface area contributed by atoms with E-state index in [1.54, 1.807) is 0 Å². The van der Waals surface area contributed by atoms with Crippen molar-refractivity contribution in [3.05, 3.63) is 70.3 Å². The highest BCUT2D eigenvalue weighted by Gasteiger charge is 2.43. The lowest BCUT2D eigenvalue weighted by molar-refractivity contribution is -0.122. The number of fused-ring (bicyclic) bond motifs is 1. The quantitative estimate of drug-likeness (QED) is 0.777. The second kappa shape index (κ2) is 8.37. The number of urea groups is 1. The molecule has 31 heavy (non-hydrogen) atoms. The van der Waals surface area contributed by atoms with E-state index in [1.807, 2.05) is 43.9 Å². The van der Waals surface area contributed by atoms with Gasteiger partial charge in [-0.2, -0.15) is 0 Å². The van der Waals surface area contributed by atoms with Gasteiger partial charge in [-0.1, -0.05) is 42.5 Å². The predicted octanol–water partition coefficient (Wildman–Crippen LogP) is 4.28. The summed E-state index contributed by atoms with van der Waals surface area (Å²) in [5.41, 5.74) is 5.86. The SMILES string of the molecule is Cc1ccc(CNC(=O)C2CC2c2ccccc2)c2c1CCN(C(=O)NC(C)(C)C)C2. The minimum absolute atomic E-state index is 0.0293. The first kappa shape index (κ1) is 21.4. The molecule has 0 spiro atoms. The first-order valence-corrected chi connectivity index (χ1v) is 11.2. The van der Waals surface area contributed by atoms with E-state index in [0.29, 0.717) is 25.6 Å². The fraction of sp³-hybridized carbons (Fsp3) is 0.462. The Morgan fingerprint density at radius 2 is 1.81 bits per heavy atom. The fourth-order valence-corrected chi connectivity index (χ4v) is 4.53. The van der Waals surface area contributed by atoms with E-state index in [2.05, 4.69) is 41.8 Å². The zero-order valence-electron chi connectivity index (χ0n) is 19.0. The van der Waals surface area contributed by atoms with Gasteiger partial charge in [0.1, 0.15) is 0 Å². The Labute approximate surface area is 185 Å². The third kappa shape index (κ3) is 4.92. The second-order valence-corrected chi connectivity index (χ2v) is 9.93. The number of hydrogen-bond acceptors (Lipinski definition) is 2. The largest absolute Gasteiger partial charge is 0.352 e. The summed E-state index contributed by atoms with van der Waals surface area (Å²) >= 11 is 0. The molecule has 1 fully saturated rings. The Balaban J connectivity index is 1.42. The van der Waals surface area contributed by atoms with E-state index in [1.165, 1.54) is 22.3 Å². The van der Waals surface area contributed by atoms with Crippen molar-refractivity contribution in [3.63, 3.8) is 0 Å². The summed E-state index contributed by atoms with van der Waals surface area (Å²) in [6.45, 7) is 9.92. The van der Waals surface area contributed by atoms with Gasteiger partial charge in [0.25, 0.3) is 0 Å². The lowest BCUT2D eigenvalue weighted by Gasteiger charge is -2.34. The van der Waals surface area contributed by atoms with E-state index in [9.17, 15) is 9.59 Å². The van der Waals surface area contributed by atoms with Crippen molar-refractivity contribution in [1.29, 1.82) is 0 Å². The van der Waals surface area contributed by atoms with Gasteiger partial charge in [-0.15, -0.1) is 0 Å². The zero-order chi connectivity index (χ0) is 22.2. The van der Waals surface area contributed by atoms with E-state index in [-0.39, 0.29) is 23.4 Å². The molecular formula is C26H33N3O2. The maximum absolute atomic E-state index is 12.7. The van der Waals surface area contributed by atoms with Crippen LogP contribution in [0.2, 0.25) is 0 Å². The van der Waals surface area contributed by atoms with Crippen LogP contribution in [0.4, 0.5) is 4.79 Å². The van der Waals surface area contributed by atoms with Gasteiger partial charge in [0.05, 0.1) is 0 Å². The molecule has 1 saturated carbocycles. The molecule has 5 nitrogen and oxygen atoms in total. The minimum Gasteiger partial charge on any atom is -0.352 e. The lowest BCUT2D eigenvalue weighted by atomic mass is 9.91. The van der Waals surface area contributed by atoms with Crippen molar-refractivity contribution >= 4 is 11.9 Å². The van der Waals surface area contributed by atoms with Crippen LogP contribution in [0.25, 0.3) is 0 Å². The highest BCUT2D eigenvalue weighted by molar-refractivity contribution is 5.83. The summed E-state index contributed by atoms with van der Waals surface area (Å²) in [5.74, 6) is 0.531. The first-order chi connectivity index (χ1) is 14.7. The second-order valence-electron chi connectivity index (χ2n) is 9.93. The van der Waals surface area contributed by atoms with Gasteiger partial charge in [-0.25, -0.2) is 4.79 Å². The highest BCUT2D eigenvalue weighted by atomic mass is 16.2. The van der Waals surface area contributed by atoms with Gasteiger partial charge in [-0.3, -0.25) is 4.79 Å². The Hall–Kier alpha value is -2.82. The van der Waals surface area contributed by atoms with E-state index in [0.717, 1.165) is 18.4 Å². The molecule has 2 atom stereocenters. The molecule has 4 rings (SSSR count). The van der Waals surface area contributed by atoms with Crippen LogP contribution in [0.3, 0.4) is 0 Å². The molecule has 2 unspecified atom stereocenters. The van der Waals surface area contributed by atoms with Gasteiger partial charge in [-0.05, 0) is 74.3 Å². The molecule has 0 aromatic heterocycles. The van der Waals surface area contributed by atoms with Crippen molar-refractivity contribution < 1.29 is 9.59 Å². The van der Waals surface area contributed by atoms with E-state index < -0.39 is 0 Å². The van der Waals surface area contributed by atoms with Crippen LogP contribution in [-0.4, -0.2) is 28.9 Å². The van der Waals surface area contributed by atoms with Crippen LogP contribution in [0.15, 0.2) is 42.5 Å². The Morgan fingerprint density at radius 3 is 2.52 bits per heavy atom. The summed E-state index contributed by atoms with van der Waals surface area (Å²) in [5, 5.41) is 6.22. The Bertz CT molecular complexity index is 978. The standard InChI is InChI=1S/C26H33N3O2/c1-17-10-11-19(15-27-24(30)22-14-21(22)18-8-6-5-7-9-18)23-16-29(13-12-20(17)23)25(31)28-26(2,3)4/h5-11,21-22H,12-16H2,1-4H3,(H,27,30)(H,28,31). The molecule has 0 bridgehead atoms. The van der Waals surface area contributed by atoms with Crippen LogP contribution in [0, 0.1) is 12.8 Å². The average molecular weight is 420 g/mol. The van der Waals surface area contributed by atoms with Gasteiger partial charge in [0, 0.05) is 31.1 Å². The van der Waals surface area contributed by atoms with Crippen LogP contribution in [0.1, 0.15) is 60.9 Å². The van der Waals surface area contributed by atoms with Gasteiger partial charge in [0.15, 0.2) is 0 Å². The first-order valence-electron chi connectivity index (χ1n) is 11.2. The van der Waals surface area contributed by atoms with Crippen LogP contribution < -0.4 is 10.6 Å². The predicted molar refractivity (Wildman–Crippen MR) is 123 cm³/mol. The molecule has 3 amide bonds. The molecule has 2 aliphatic rings. The fourth-order valence-electron chi connectivity index (χ4n) is 4.53. The Morgan fingerprint density at radius 1 is 1.06 bits per heavy atom. The van der Waals surface area contributed by atoms with E-state index >= 15 is 0 Å². The maximum atomic E-state index is 12.7. The van der Waals surface area contributed by atoms with Crippen LogP contribution in [0.5, 0.6) is 0 Å². The third-order valence-corrected chi connectivity index (χ3v) is 6.32. The number of aryl methyl sites for hydroxylation is 1. The van der Waals surface area contributed by atoms with Crippen LogP contribution >= 0.6 is 0 Å². The normalized spacial score (nSPS) is 20.1. The molecule has 1 aliphatic carbocycles. The van der Waals surface area contributed by atoms with Crippen molar-refractivity contribution in [3.8, 4) is 0 Å². The molecular weight excluding hydrogens is 386 g/mol. The van der Waals surface area contributed by atoms with Gasteiger partial charge in [0.2, 0.25) is 5.91 Å². The third-order valence-electron chi connectivity index (χ3n) is 6.32. The summed E-state index contributed by atoms with van der Waals surface area (Å²) < 4.78 is 0. The van der Waals surface area contributed by atoms with Gasteiger partial charge >= 0.3 is 6.03 Å². The number of nitrogens with one attached hydrogen (secondary N) is 2. The molecule has 5 heteroatoms. The summed E-state index contributed by atoms with van der Waals surface area (Å²) in [6.07, 6.45) is 1.77. The smallest absolute Gasteiger partial charge is 0.318 e. The highest BCUT2D eigenvalue weighted by Crippen LogP contribution is 2.47. The number of rotatable bonds is 4. The molecule has 2 N–H and O–H groups in total. The summed E-state index contributed by atoms with van der Waals surface area (Å²) in [7, 11) is 0. The molecule has 2 aromatic rings. The maximum Gasteiger partial charge on any atom is 0.318 e. The molecule has 2 aromatic carbocycles. The number of benzene rings is 2. The topological polar surface area (TPSA) is 61.4 Å². The molecule has 1 aliphatic heterocycles. The van der Waals surface area contributed by atoms with Crippen molar-refractivity contribution in [2.45, 2.75) is 65.1 Å². The average Bonchev–Trinajstić information content (AvgIpc) is 3.53. The Kier molecular flexibility index (Phi) is 5.78. The van der Waals surface area contributed by atoms with Crippen LogP contribution in [-0.2, 0) is 24.3 Å². The summed E-state index contributed by atoms with van der Waals surface area (Å²) in [4.78, 5) is 27.3. The number of hydrogen-bond donors (Lipinski definition) is 2. The monoisotopic (exact) mass is 419 g/mol. The minimum atomic E-state index is -0.264.